The molecule has 0 saturated carbocycles. The Morgan fingerprint density at radius 3 is 2.24 bits per heavy atom. The lowest BCUT2D eigenvalue weighted by Crippen LogP contribution is -2.33. The maximum Gasteiger partial charge on any atom is 0.255 e. The zero-order valence-electron chi connectivity index (χ0n) is 11.5. The summed E-state index contributed by atoms with van der Waals surface area (Å²) in [5, 5.41) is 0.627. The monoisotopic (exact) mass is 363 g/mol. The summed E-state index contributed by atoms with van der Waals surface area (Å²) in [5.74, 6) is 0.0614. The number of fused-ring (bicyclic) bond motifs is 1. The molecule has 4 heteroatoms. The molecule has 0 bridgehead atoms. The van der Waals surface area contributed by atoms with Crippen LogP contribution in [-0.4, -0.2) is 23.9 Å². The first-order chi connectivity index (χ1) is 10.1. The van der Waals surface area contributed by atoms with Gasteiger partial charge >= 0.3 is 0 Å². The van der Waals surface area contributed by atoms with Crippen LogP contribution in [0.15, 0.2) is 46.9 Å². The van der Waals surface area contributed by atoms with Crippen LogP contribution in [-0.2, 0) is 12.8 Å². The van der Waals surface area contributed by atoms with E-state index in [0.717, 1.165) is 30.4 Å². The second-order valence-electron chi connectivity index (χ2n) is 5.19. The van der Waals surface area contributed by atoms with Crippen LogP contribution >= 0.6 is 27.5 Å². The Balaban J connectivity index is 1.81. The number of amides is 1. The van der Waals surface area contributed by atoms with Crippen molar-refractivity contribution in [2.75, 3.05) is 13.1 Å². The lowest BCUT2D eigenvalue weighted by molar-refractivity contribution is 0.0762. The van der Waals surface area contributed by atoms with Gasteiger partial charge in [0.1, 0.15) is 0 Å². The summed E-state index contributed by atoms with van der Waals surface area (Å²) in [6.07, 6.45) is 1.82. The Hall–Kier alpha value is -1.32. The third-order valence-corrected chi connectivity index (χ3v) is 4.76. The molecule has 21 heavy (non-hydrogen) atoms. The van der Waals surface area contributed by atoms with Crippen molar-refractivity contribution in [2.24, 2.45) is 0 Å². The minimum atomic E-state index is 0.0614. The van der Waals surface area contributed by atoms with Gasteiger partial charge in [0.25, 0.3) is 5.91 Å². The van der Waals surface area contributed by atoms with Crippen LogP contribution < -0.4 is 0 Å². The van der Waals surface area contributed by atoms with E-state index in [1.807, 2.05) is 4.90 Å². The lowest BCUT2D eigenvalue weighted by atomic mass is 10.0. The van der Waals surface area contributed by atoms with Gasteiger partial charge in [0.05, 0.1) is 5.56 Å². The third kappa shape index (κ3) is 3.14. The molecule has 0 radical (unpaired) electrons. The van der Waals surface area contributed by atoms with Crippen molar-refractivity contribution < 1.29 is 4.79 Å². The fraction of sp³-hybridized carbons (Fsp3) is 0.235. The van der Waals surface area contributed by atoms with Crippen molar-refractivity contribution in [3.05, 3.63) is 68.7 Å². The van der Waals surface area contributed by atoms with Gasteiger partial charge in [0.15, 0.2) is 0 Å². The Morgan fingerprint density at radius 2 is 1.67 bits per heavy atom. The maximum atomic E-state index is 12.7. The van der Waals surface area contributed by atoms with E-state index in [1.165, 1.54) is 11.1 Å². The first kappa shape index (κ1) is 14.6. The summed E-state index contributed by atoms with van der Waals surface area (Å²) in [5.41, 5.74) is 3.37. The Bertz CT molecular complexity index is 659. The van der Waals surface area contributed by atoms with Crippen LogP contribution in [0.25, 0.3) is 0 Å². The third-order valence-electron chi connectivity index (χ3n) is 3.87. The van der Waals surface area contributed by atoms with Crippen LogP contribution in [0.3, 0.4) is 0 Å². The van der Waals surface area contributed by atoms with Gasteiger partial charge in [0, 0.05) is 22.6 Å². The summed E-state index contributed by atoms with van der Waals surface area (Å²) >= 11 is 9.37. The van der Waals surface area contributed by atoms with E-state index in [0.29, 0.717) is 10.6 Å². The van der Waals surface area contributed by atoms with E-state index < -0.39 is 0 Å². The molecule has 0 aromatic heterocycles. The Morgan fingerprint density at radius 1 is 1.05 bits per heavy atom. The van der Waals surface area contributed by atoms with Crippen LogP contribution in [0.5, 0.6) is 0 Å². The number of nitrogens with zero attached hydrogens (tertiary/aromatic N) is 1. The van der Waals surface area contributed by atoms with Gasteiger partial charge in [-0.1, -0.05) is 35.9 Å². The average Bonchev–Trinajstić information content (AvgIpc) is 2.69. The van der Waals surface area contributed by atoms with E-state index in [9.17, 15) is 4.79 Å². The van der Waals surface area contributed by atoms with Gasteiger partial charge in [-0.2, -0.15) is 0 Å². The summed E-state index contributed by atoms with van der Waals surface area (Å²) in [6, 6.07) is 13.7. The van der Waals surface area contributed by atoms with Crippen LogP contribution in [0.4, 0.5) is 0 Å². The van der Waals surface area contributed by atoms with E-state index >= 15 is 0 Å². The number of hydrogen-bond acceptors (Lipinski definition) is 1. The molecule has 3 rings (SSSR count). The predicted octanol–water partition coefficient (Wildman–Crippen LogP) is 4.34. The summed E-state index contributed by atoms with van der Waals surface area (Å²) in [6.45, 7) is 1.51. The first-order valence-electron chi connectivity index (χ1n) is 6.96. The van der Waals surface area contributed by atoms with Gasteiger partial charge < -0.3 is 4.90 Å². The van der Waals surface area contributed by atoms with E-state index in [1.54, 1.807) is 18.2 Å². The van der Waals surface area contributed by atoms with Gasteiger partial charge in [-0.25, -0.2) is 0 Å². The molecule has 2 aromatic rings. The van der Waals surface area contributed by atoms with Gasteiger partial charge in [-0.3, -0.25) is 4.79 Å². The highest BCUT2D eigenvalue weighted by molar-refractivity contribution is 9.10. The summed E-state index contributed by atoms with van der Waals surface area (Å²) < 4.78 is 0.752. The summed E-state index contributed by atoms with van der Waals surface area (Å²) in [4.78, 5) is 14.6. The van der Waals surface area contributed by atoms with Crippen LogP contribution in [0.2, 0.25) is 5.02 Å². The molecular formula is C17H15BrClNO. The molecule has 1 heterocycles. The minimum Gasteiger partial charge on any atom is -0.338 e. The van der Waals surface area contributed by atoms with E-state index in [2.05, 4.69) is 40.2 Å². The number of carbonyl (C=O) groups excluding carboxylic acids is 1. The molecule has 0 saturated heterocycles. The zero-order chi connectivity index (χ0) is 14.8. The molecule has 1 aliphatic rings. The second-order valence-corrected chi connectivity index (χ2v) is 6.48. The van der Waals surface area contributed by atoms with Crippen molar-refractivity contribution >= 4 is 33.4 Å². The highest BCUT2D eigenvalue weighted by Gasteiger charge is 2.21. The molecule has 2 aromatic carbocycles. The minimum absolute atomic E-state index is 0.0614. The molecule has 0 aliphatic carbocycles. The SMILES string of the molecule is O=C(c1ccc(Cl)cc1Br)N1CCc2ccccc2CC1. The zero-order valence-corrected chi connectivity index (χ0v) is 13.8. The normalized spacial score (nSPS) is 14.5. The highest BCUT2D eigenvalue weighted by Crippen LogP contribution is 2.24. The fourth-order valence-electron chi connectivity index (χ4n) is 2.70. The molecule has 108 valence electrons. The molecule has 2 nitrogen and oxygen atoms in total. The van der Waals surface area contributed by atoms with Gasteiger partial charge in [-0.05, 0) is 58.1 Å². The largest absolute Gasteiger partial charge is 0.338 e. The second kappa shape index (κ2) is 6.20. The first-order valence-corrected chi connectivity index (χ1v) is 8.13. The van der Waals surface area contributed by atoms with Gasteiger partial charge in [0.2, 0.25) is 0 Å². The topological polar surface area (TPSA) is 20.3 Å². The lowest BCUT2D eigenvalue weighted by Gasteiger charge is -2.21. The summed E-state index contributed by atoms with van der Waals surface area (Å²) in [7, 11) is 0. The van der Waals surface area contributed by atoms with Gasteiger partial charge in [-0.15, -0.1) is 0 Å². The predicted molar refractivity (Wildman–Crippen MR) is 88.9 cm³/mol. The number of hydrogen-bond donors (Lipinski definition) is 0. The Labute approximate surface area is 137 Å². The molecule has 0 N–H and O–H groups in total. The van der Waals surface area contributed by atoms with E-state index in [-0.39, 0.29) is 5.91 Å². The molecular weight excluding hydrogens is 350 g/mol. The molecule has 0 unspecified atom stereocenters. The fourth-order valence-corrected chi connectivity index (χ4v) is 3.56. The van der Waals surface area contributed by atoms with Crippen LogP contribution in [0.1, 0.15) is 21.5 Å². The molecule has 0 fully saturated rings. The smallest absolute Gasteiger partial charge is 0.255 e. The molecule has 0 spiro atoms. The maximum absolute atomic E-state index is 12.7. The van der Waals surface area contributed by atoms with Crippen molar-refractivity contribution in [3.63, 3.8) is 0 Å². The number of benzene rings is 2. The van der Waals surface area contributed by atoms with Crippen molar-refractivity contribution in [3.8, 4) is 0 Å². The molecule has 1 amide bonds. The van der Waals surface area contributed by atoms with E-state index in [4.69, 9.17) is 11.6 Å². The molecule has 1 aliphatic heterocycles. The standard InChI is InChI=1S/C17H15BrClNO/c18-16-11-14(19)5-6-15(16)17(21)20-9-7-12-3-1-2-4-13(12)8-10-20/h1-6,11H,7-10H2. The van der Waals surface area contributed by atoms with Crippen molar-refractivity contribution in [1.29, 1.82) is 0 Å². The highest BCUT2D eigenvalue weighted by atomic mass is 79.9. The number of rotatable bonds is 1. The average molecular weight is 365 g/mol. The quantitative estimate of drug-likeness (QED) is 0.737. The number of carbonyl (C=O) groups is 1. The number of halogens is 2. The van der Waals surface area contributed by atoms with Crippen molar-refractivity contribution in [1.82, 2.24) is 4.90 Å². The van der Waals surface area contributed by atoms with Crippen molar-refractivity contribution in [2.45, 2.75) is 12.8 Å². The molecule has 0 atom stereocenters. The van der Waals surface area contributed by atoms with Crippen LogP contribution in [0, 0.1) is 0 Å². The Kier molecular flexibility index (Phi) is 4.32.